The Morgan fingerprint density at radius 3 is 2.27 bits per heavy atom. The van der Waals surface area contributed by atoms with Crippen molar-refractivity contribution >= 4 is 18.3 Å². The van der Waals surface area contributed by atoms with Crippen LogP contribution in [0.1, 0.15) is 51.7 Å². The van der Waals surface area contributed by atoms with Crippen molar-refractivity contribution in [3.8, 4) is 0 Å². The lowest BCUT2D eigenvalue weighted by molar-refractivity contribution is 0.00578. The summed E-state index contributed by atoms with van der Waals surface area (Å²) in [4.78, 5) is 0. The first-order valence-electron chi connectivity index (χ1n) is 8.12. The number of benzene rings is 1. The molecule has 0 aromatic heterocycles. The van der Waals surface area contributed by atoms with Gasteiger partial charge in [-0.05, 0) is 64.1 Å². The second-order valence-electron chi connectivity index (χ2n) is 7.56. The van der Waals surface area contributed by atoms with Crippen LogP contribution in [0.4, 0.5) is 0 Å². The summed E-state index contributed by atoms with van der Waals surface area (Å²) < 4.78 is 12.2. The first-order chi connectivity index (χ1) is 10.2. The minimum absolute atomic E-state index is 0.303. The molecule has 4 heteroatoms. The molecule has 1 heterocycles. The van der Waals surface area contributed by atoms with Crippen molar-refractivity contribution in [3.63, 3.8) is 0 Å². The summed E-state index contributed by atoms with van der Waals surface area (Å²) in [5.74, 6) is 0. The van der Waals surface area contributed by atoms with Gasteiger partial charge in [-0.3, -0.25) is 0 Å². The minimum atomic E-state index is -0.304. The van der Waals surface area contributed by atoms with Gasteiger partial charge in [-0.1, -0.05) is 24.8 Å². The van der Waals surface area contributed by atoms with E-state index in [0.717, 1.165) is 11.2 Å². The van der Waals surface area contributed by atoms with Crippen LogP contribution in [-0.2, 0) is 9.31 Å². The molecular formula is C18H26BNO2. The Morgan fingerprint density at radius 1 is 1.18 bits per heavy atom. The fraction of sp³-hybridized carbons (Fsp3) is 0.556. The largest absolute Gasteiger partial charge is 0.494 e. The number of hydrogen-bond acceptors (Lipinski definition) is 3. The van der Waals surface area contributed by atoms with Crippen LogP contribution in [0.5, 0.6) is 0 Å². The Bertz CT molecular complexity index is 589. The van der Waals surface area contributed by atoms with Gasteiger partial charge in [0.1, 0.15) is 0 Å². The zero-order valence-corrected chi connectivity index (χ0v) is 14.3. The molecule has 2 fully saturated rings. The van der Waals surface area contributed by atoms with Crippen LogP contribution in [0.15, 0.2) is 24.8 Å². The van der Waals surface area contributed by atoms with Gasteiger partial charge in [0.15, 0.2) is 0 Å². The maximum atomic E-state index is 6.12. The minimum Gasteiger partial charge on any atom is -0.399 e. The van der Waals surface area contributed by atoms with E-state index in [-0.39, 0.29) is 18.3 Å². The molecule has 1 aliphatic heterocycles. The molecule has 118 valence electrons. The molecule has 0 radical (unpaired) electrons. The average Bonchev–Trinajstić information content (AvgIpc) is 3.16. The van der Waals surface area contributed by atoms with E-state index >= 15 is 0 Å². The van der Waals surface area contributed by atoms with Gasteiger partial charge in [-0.25, -0.2) is 0 Å². The fourth-order valence-corrected chi connectivity index (χ4v) is 2.70. The molecule has 0 atom stereocenters. The molecule has 1 aromatic rings. The maximum Gasteiger partial charge on any atom is 0.494 e. The van der Waals surface area contributed by atoms with Crippen molar-refractivity contribution < 1.29 is 9.31 Å². The lowest BCUT2D eigenvalue weighted by atomic mass is 9.77. The highest BCUT2D eigenvalue weighted by Crippen LogP contribution is 2.36. The molecule has 22 heavy (non-hydrogen) atoms. The fourth-order valence-electron chi connectivity index (χ4n) is 2.70. The van der Waals surface area contributed by atoms with Crippen LogP contribution in [0.25, 0.3) is 5.70 Å². The molecule has 3 rings (SSSR count). The predicted molar refractivity (Wildman–Crippen MR) is 92.1 cm³/mol. The zero-order valence-electron chi connectivity index (χ0n) is 14.3. The highest BCUT2D eigenvalue weighted by molar-refractivity contribution is 6.62. The highest BCUT2D eigenvalue weighted by atomic mass is 16.7. The van der Waals surface area contributed by atoms with Crippen LogP contribution >= 0.6 is 0 Å². The van der Waals surface area contributed by atoms with Gasteiger partial charge >= 0.3 is 7.12 Å². The summed E-state index contributed by atoms with van der Waals surface area (Å²) in [6.45, 7) is 14.6. The molecule has 1 N–H and O–H groups in total. The summed E-state index contributed by atoms with van der Waals surface area (Å²) in [5, 5.41) is 3.47. The molecule has 0 spiro atoms. The lowest BCUT2D eigenvalue weighted by Gasteiger charge is -2.32. The summed E-state index contributed by atoms with van der Waals surface area (Å²) in [5.41, 5.74) is 3.85. The SMILES string of the molecule is C=C(NC1CC1)c1ccc(B2OC(C)(C)C(C)(C)O2)cc1C. The van der Waals surface area contributed by atoms with Crippen LogP contribution in [0.3, 0.4) is 0 Å². The normalized spacial score (nSPS) is 22.7. The van der Waals surface area contributed by atoms with Gasteiger partial charge in [-0.2, -0.15) is 0 Å². The molecule has 0 amide bonds. The number of nitrogens with one attached hydrogen (secondary N) is 1. The van der Waals surface area contributed by atoms with Gasteiger partial charge in [0.25, 0.3) is 0 Å². The Balaban J connectivity index is 1.79. The molecule has 1 aliphatic carbocycles. The molecule has 0 unspecified atom stereocenters. The summed E-state index contributed by atoms with van der Waals surface area (Å²) in [6.07, 6.45) is 2.51. The van der Waals surface area contributed by atoms with E-state index in [9.17, 15) is 0 Å². The second kappa shape index (κ2) is 5.14. The number of hydrogen-bond donors (Lipinski definition) is 1. The summed E-state index contributed by atoms with van der Waals surface area (Å²) in [6, 6.07) is 6.98. The van der Waals surface area contributed by atoms with Crippen LogP contribution in [0, 0.1) is 6.92 Å². The summed E-state index contributed by atoms with van der Waals surface area (Å²) in [7, 11) is -0.303. The van der Waals surface area contributed by atoms with Crippen molar-refractivity contribution in [2.24, 2.45) is 0 Å². The molecule has 2 aliphatic rings. The Labute approximate surface area is 134 Å². The highest BCUT2D eigenvalue weighted by Gasteiger charge is 2.51. The van der Waals surface area contributed by atoms with Crippen molar-refractivity contribution in [2.45, 2.75) is 64.7 Å². The van der Waals surface area contributed by atoms with Gasteiger partial charge in [0.2, 0.25) is 0 Å². The van der Waals surface area contributed by atoms with E-state index in [4.69, 9.17) is 9.31 Å². The third-order valence-corrected chi connectivity index (χ3v) is 5.06. The number of aryl methyl sites for hydroxylation is 1. The van der Waals surface area contributed by atoms with Gasteiger partial charge in [-0.15, -0.1) is 0 Å². The topological polar surface area (TPSA) is 30.5 Å². The van der Waals surface area contributed by atoms with Crippen LogP contribution in [-0.4, -0.2) is 24.4 Å². The summed E-state index contributed by atoms with van der Waals surface area (Å²) >= 11 is 0. The van der Waals surface area contributed by atoms with E-state index in [0.29, 0.717) is 6.04 Å². The molecule has 1 saturated heterocycles. The molecule has 0 bridgehead atoms. The molecule has 1 aromatic carbocycles. The van der Waals surface area contributed by atoms with E-state index in [2.05, 4.69) is 64.7 Å². The average molecular weight is 299 g/mol. The van der Waals surface area contributed by atoms with Crippen LogP contribution < -0.4 is 10.8 Å². The molecular weight excluding hydrogens is 273 g/mol. The van der Waals surface area contributed by atoms with E-state index in [1.807, 2.05) is 0 Å². The smallest absolute Gasteiger partial charge is 0.399 e. The third-order valence-electron chi connectivity index (χ3n) is 5.06. The predicted octanol–water partition coefficient (Wildman–Crippen LogP) is 3.02. The lowest BCUT2D eigenvalue weighted by Crippen LogP contribution is -2.41. The van der Waals surface area contributed by atoms with Gasteiger partial charge in [0, 0.05) is 11.7 Å². The second-order valence-corrected chi connectivity index (χ2v) is 7.56. The first-order valence-corrected chi connectivity index (χ1v) is 8.12. The Morgan fingerprint density at radius 2 is 1.77 bits per heavy atom. The zero-order chi connectivity index (χ0) is 16.1. The van der Waals surface area contributed by atoms with Crippen LogP contribution in [0.2, 0.25) is 0 Å². The van der Waals surface area contributed by atoms with E-state index in [1.165, 1.54) is 24.0 Å². The maximum absolute atomic E-state index is 6.12. The van der Waals surface area contributed by atoms with Gasteiger partial charge < -0.3 is 14.6 Å². The van der Waals surface area contributed by atoms with Gasteiger partial charge in [0.05, 0.1) is 11.2 Å². The first kappa shape index (κ1) is 15.6. The van der Waals surface area contributed by atoms with Crippen molar-refractivity contribution in [2.75, 3.05) is 0 Å². The van der Waals surface area contributed by atoms with E-state index in [1.54, 1.807) is 0 Å². The third kappa shape index (κ3) is 2.82. The van der Waals surface area contributed by atoms with Crippen molar-refractivity contribution in [1.82, 2.24) is 5.32 Å². The molecule has 3 nitrogen and oxygen atoms in total. The van der Waals surface area contributed by atoms with Crippen molar-refractivity contribution in [3.05, 3.63) is 35.9 Å². The van der Waals surface area contributed by atoms with Crippen molar-refractivity contribution in [1.29, 1.82) is 0 Å². The molecule has 1 saturated carbocycles. The quantitative estimate of drug-likeness (QED) is 0.867. The standard InChI is InChI=1S/C18H26BNO2/c1-12-11-14(19-21-17(3,4)18(5,6)22-19)7-10-16(12)13(2)20-15-8-9-15/h7,10-11,15,20H,2,8-9H2,1,3-6H3. The van der Waals surface area contributed by atoms with E-state index < -0.39 is 0 Å². The number of rotatable bonds is 4. The Hall–Kier alpha value is -1.26. The Kier molecular flexibility index (Phi) is 3.65. The monoisotopic (exact) mass is 299 g/mol.